The molecule has 0 unspecified atom stereocenters. The Hall–Kier alpha value is -1.64. The smallest absolute Gasteiger partial charge is 0.305 e. The number of methoxy groups -OCH3 is 1. The Kier molecular flexibility index (Phi) is 6.59. The average Bonchev–Trinajstić information content (AvgIpc) is 2.88. The molecule has 0 bridgehead atoms. The number of amides is 1. The second kappa shape index (κ2) is 8.46. The maximum Gasteiger partial charge on any atom is 0.305 e. The molecular weight excluding hydrogens is 348 g/mol. The van der Waals surface area contributed by atoms with E-state index in [9.17, 15) is 9.59 Å². The lowest BCUT2D eigenvalue weighted by atomic mass is 9.99. The van der Waals surface area contributed by atoms with Crippen LogP contribution >= 0.6 is 23.1 Å². The predicted molar refractivity (Wildman–Crippen MR) is 96.5 cm³/mol. The van der Waals surface area contributed by atoms with Crippen molar-refractivity contribution in [3.05, 3.63) is 29.3 Å². The molecule has 130 valence electrons. The fourth-order valence-corrected chi connectivity index (χ4v) is 4.22. The zero-order valence-corrected chi connectivity index (χ0v) is 15.2. The first-order chi connectivity index (χ1) is 11.4. The second-order valence-corrected chi connectivity index (χ2v) is 7.78. The van der Waals surface area contributed by atoms with E-state index < -0.39 is 11.5 Å². The highest BCUT2D eigenvalue weighted by molar-refractivity contribution is 7.99. The zero-order valence-electron chi connectivity index (χ0n) is 13.6. The van der Waals surface area contributed by atoms with Gasteiger partial charge in [0.05, 0.1) is 34.5 Å². The first-order valence-electron chi connectivity index (χ1n) is 7.36. The Balaban J connectivity index is 1.84. The Labute approximate surface area is 148 Å². The molecule has 2 N–H and O–H groups in total. The van der Waals surface area contributed by atoms with Crippen LogP contribution in [0.15, 0.2) is 24.3 Å². The number of para-hydroxylation sites is 1. The summed E-state index contributed by atoms with van der Waals surface area (Å²) in [6.07, 6.45) is -0.185. The number of carbonyl (C=O) groups is 2. The number of thiazole rings is 1. The van der Waals surface area contributed by atoms with Crippen LogP contribution in [-0.2, 0) is 20.1 Å². The zero-order chi connectivity index (χ0) is 17.6. The molecule has 1 aromatic carbocycles. The standard InChI is InChI=1S/C16H20N2O4S2/c1-16(10-22-2,7-15(20)21)18-13(19)8-23-9-14-17-11-5-3-4-6-12(11)24-14/h3-6H,7-10H2,1-2H3,(H,18,19)(H,20,21)/t16-/m0/s1. The largest absolute Gasteiger partial charge is 0.481 e. The van der Waals surface area contributed by atoms with E-state index in [4.69, 9.17) is 9.84 Å². The summed E-state index contributed by atoms with van der Waals surface area (Å²) >= 11 is 3.07. The number of carboxylic acid groups (broad SMARTS) is 1. The van der Waals surface area contributed by atoms with Crippen LogP contribution in [0.1, 0.15) is 18.4 Å². The molecule has 2 rings (SSSR count). The van der Waals surface area contributed by atoms with Crippen LogP contribution in [0, 0.1) is 0 Å². The highest BCUT2D eigenvalue weighted by Gasteiger charge is 2.29. The van der Waals surface area contributed by atoms with Crippen LogP contribution in [0.2, 0.25) is 0 Å². The minimum atomic E-state index is -0.975. The fourth-order valence-electron chi connectivity index (χ4n) is 2.37. The lowest BCUT2D eigenvalue weighted by Crippen LogP contribution is -2.51. The SMILES string of the molecule is COC[C@](C)(CC(=O)O)NC(=O)CSCc1nc2ccccc2s1. The van der Waals surface area contributed by atoms with E-state index in [-0.39, 0.29) is 24.7 Å². The summed E-state index contributed by atoms with van der Waals surface area (Å²) in [5.41, 5.74) is 0.0605. The summed E-state index contributed by atoms with van der Waals surface area (Å²) in [5, 5.41) is 12.7. The van der Waals surface area contributed by atoms with Crippen molar-refractivity contribution in [2.24, 2.45) is 0 Å². The highest BCUT2D eigenvalue weighted by atomic mass is 32.2. The number of carboxylic acids is 1. The average molecular weight is 368 g/mol. The molecule has 0 radical (unpaired) electrons. The van der Waals surface area contributed by atoms with E-state index in [1.165, 1.54) is 18.9 Å². The van der Waals surface area contributed by atoms with E-state index in [0.717, 1.165) is 15.2 Å². The van der Waals surface area contributed by atoms with Crippen molar-refractivity contribution in [3.63, 3.8) is 0 Å². The molecule has 0 saturated heterocycles. The monoisotopic (exact) mass is 368 g/mol. The highest BCUT2D eigenvalue weighted by Crippen LogP contribution is 2.24. The van der Waals surface area contributed by atoms with E-state index in [0.29, 0.717) is 5.75 Å². The third kappa shape index (κ3) is 5.47. The minimum Gasteiger partial charge on any atom is -0.481 e. The van der Waals surface area contributed by atoms with Gasteiger partial charge in [-0.3, -0.25) is 9.59 Å². The van der Waals surface area contributed by atoms with Gasteiger partial charge in [0.15, 0.2) is 0 Å². The summed E-state index contributed by atoms with van der Waals surface area (Å²) in [7, 11) is 1.48. The van der Waals surface area contributed by atoms with Crippen LogP contribution in [0.25, 0.3) is 10.2 Å². The van der Waals surface area contributed by atoms with E-state index in [1.54, 1.807) is 18.3 Å². The number of nitrogens with zero attached hydrogens (tertiary/aromatic N) is 1. The number of hydrogen-bond donors (Lipinski definition) is 2. The number of thioether (sulfide) groups is 1. The van der Waals surface area contributed by atoms with Gasteiger partial charge in [0.2, 0.25) is 5.91 Å². The summed E-state index contributed by atoms with van der Waals surface area (Å²) in [6.45, 7) is 1.81. The fraction of sp³-hybridized carbons (Fsp3) is 0.438. The van der Waals surface area contributed by atoms with E-state index >= 15 is 0 Å². The first kappa shape index (κ1) is 18.7. The van der Waals surface area contributed by atoms with Gasteiger partial charge < -0.3 is 15.2 Å². The van der Waals surface area contributed by atoms with Crippen LogP contribution < -0.4 is 5.32 Å². The van der Waals surface area contributed by atoms with Crippen molar-refractivity contribution in [1.29, 1.82) is 0 Å². The van der Waals surface area contributed by atoms with Gasteiger partial charge >= 0.3 is 5.97 Å². The van der Waals surface area contributed by atoms with Gasteiger partial charge in [-0.05, 0) is 19.1 Å². The number of nitrogens with one attached hydrogen (secondary N) is 1. The van der Waals surface area contributed by atoms with Crippen molar-refractivity contribution in [1.82, 2.24) is 10.3 Å². The molecule has 1 aromatic heterocycles. The number of benzene rings is 1. The van der Waals surface area contributed by atoms with Crippen LogP contribution in [0.4, 0.5) is 0 Å². The Bertz CT molecular complexity index is 686. The van der Waals surface area contributed by atoms with Gasteiger partial charge in [-0.2, -0.15) is 0 Å². The molecule has 0 aliphatic rings. The topological polar surface area (TPSA) is 88.5 Å². The van der Waals surface area contributed by atoms with Gasteiger partial charge in [-0.1, -0.05) is 12.1 Å². The van der Waals surface area contributed by atoms with Gasteiger partial charge in [0.1, 0.15) is 5.01 Å². The molecule has 0 aliphatic heterocycles. The second-order valence-electron chi connectivity index (χ2n) is 5.68. The third-order valence-corrected chi connectivity index (χ3v) is 5.41. The van der Waals surface area contributed by atoms with Crippen molar-refractivity contribution in [2.45, 2.75) is 24.6 Å². The number of carbonyl (C=O) groups excluding carboxylic acids is 1. The maximum absolute atomic E-state index is 12.1. The number of aliphatic carboxylic acids is 1. The predicted octanol–water partition coefficient (Wildman–Crippen LogP) is 2.53. The minimum absolute atomic E-state index is 0.146. The van der Waals surface area contributed by atoms with Gasteiger partial charge in [-0.15, -0.1) is 23.1 Å². The normalized spacial score (nSPS) is 13.6. The molecule has 24 heavy (non-hydrogen) atoms. The molecule has 0 saturated carbocycles. The number of ether oxygens (including phenoxy) is 1. The van der Waals surface area contributed by atoms with E-state index in [2.05, 4.69) is 10.3 Å². The lowest BCUT2D eigenvalue weighted by Gasteiger charge is -2.28. The summed E-state index contributed by atoms with van der Waals surface area (Å²) in [5.74, 6) is -0.291. The third-order valence-electron chi connectivity index (χ3n) is 3.24. The first-order valence-corrected chi connectivity index (χ1v) is 9.33. The summed E-state index contributed by atoms with van der Waals surface area (Å²) in [4.78, 5) is 27.5. The molecule has 6 nitrogen and oxygen atoms in total. The Morgan fingerprint density at radius 1 is 1.42 bits per heavy atom. The summed E-state index contributed by atoms with van der Waals surface area (Å²) in [6, 6.07) is 7.92. The van der Waals surface area contributed by atoms with Crippen molar-refractivity contribution >= 4 is 45.2 Å². The van der Waals surface area contributed by atoms with E-state index in [1.807, 2.05) is 24.3 Å². The molecule has 0 aliphatic carbocycles. The molecule has 1 heterocycles. The van der Waals surface area contributed by atoms with Crippen molar-refractivity contribution < 1.29 is 19.4 Å². The molecule has 0 spiro atoms. The molecule has 1 amide bonds. The number of fused-ring (bicyclic) bond motifs is 1. The molecule has 2 aromatic rings. The van der Waals surface area contributed by atoms with Crippen LogP contribution in [0.5, 0.6) is 0 Å². The molecular formula is C16H20N2O4S2. The number of hydrogen-bond acceptors (Lipinski definition) is 6. The van der Waals surface area contributed by atoms with Gasteiger partial charge in [0.25, 0.3) is 0 Å². The van der Waals surface area contributed by atoms with Crippen LogP contribution in [-0.4, -0.2) is 47.0 Å². The summed E-state index contributed by atoms with van der Waals surface area (Å²) < 4.78 is 6.15. The number of aromatic nitrogens is 1. The maximum atomic E-state index is 12.1. The molecule has 0 fully saturated rings. The number of rotatable bonds is 9. The molecule has 1 atom stereocenters. The van der Waals surface area contributed by atoms with Crippen molar-refractivity contribution in [2.75, 3.05) is 19.5 Å². The quantitative estimate of drug-likeness (QED) is 0.707. The van der Waals surface area contributed by atoms with Crippen LogP contribution in [0.3, 0.4) is 0 Å². The van der Waals surface area contributed by atoms with Gasteiger partial charge in [-0.25, -0.2) is 4.98 Å². The van der Waals surface area contributed by atoms with Gasteiger partial charge in [0, 0.05) is 12.9 Å². The Morgan fingerprint density at radius 3 is 2.83 bits per heavy atom. The molecule has 8 heteroatoms. The van der Waals surface area contributed by atoms with Crippen molar-refractivity contribution in [3.8, 4) is 0 Å². The lowest BCUT2D eigenvalue weighted by molar-refractivity contribution is -0.139. The Morgan fingerprint density at radius 2 is 2.17 bits per heavy atom.